The Morgan fingerprint density at radius 2 is 2.00 bits per heavy atom. The molecule has 0 saturated heterocycles. The Labute approximate surface area is 113 Å². The second kappa shape index (κ2) is 6.68. The van der Waals surface area contributed by atoms with Crippen LogP contribution in [-0.2, 0) is 4.79 Å². The maximum absolute atomic E-state index is 13.3. The maximum atomic E-state index is 13.3. The molecule has 1 aromatic carbocycles. The molecular weight excluding hydrogens is 306 g/mol. The van der Waals surface area contributed by atoms with Crippen molar-refractivity contribution in [3.63, 3.8) is 0 Å². The number of amides is 1. The Kier molecular flexibility index (Phi) is 5.53. The molecule has 6 heteroatoms. The van der Waals surface area contributed by atoms with Crippen LogP contribution < -0.4 is 10.6 Å². The quantitative estimate of drug-likeness (QED) is 0.819. The van der Waals surface area contributed by atoms with E-state index in [9.17, 15) is 13.6 Å². The molecule has 100 valence electrons. The van der Waals surface area contributed by atoms with Gasteiger partial charge in [0, 0.05) is 25.1 Å². The van der Waals surface area contributed by atoms with E-state index in [0.29, 0.717) is 0 Å². The number of hydrogen-bond donors (Lipinski definition) is 2. The summed E-state index contributed by atoms with van der Waals surface area (Å²) < 4.78 is 26.5. The fourth-order valence-corrected chi connectivity index (χ4v) is 1.71. The minimum Gasteiger partial charge on any atom is -0.382 e. The van der Waals surface area contributed by atoms with Crippen LogP contribution in [-0.4, -0.2) is 18.5 Å². The average molecular weight is 321 g/mol. The summed E-state index contributed by atoms with van der Waals surface area (Å²) in [6.07, 6.45) is 0.229. The van der Waals surface area contributed by atoms with Crippen LogP contribution in [0, 0.1) is 11.6 Å². The van der Waals surface area contributed by atoms with Gasteiger partial charge in [-0.25, -0.2) is 8.78 Å². The molecule has 1 aromatic rings. The highest BCUT2D eigenvalue weighted by molar-refractivity contribution is 9.10. The van der Waals surface area contributed by atoms with Crippen LogP contribution in [0.1, 0.15) is 20.3 Å². The maximum Gasteiger partial charge on any atom is 0.221 e. The minimum atomic E-state index is -0.681. The van der Waals surface area contributed by atoms with Gasteiger partial charge in [-0.1, -0.05) is 0 Å². The van der Waals surface area contributed by atoms with E-state index < -0.39 is 11.6 Å². The number of hydrogen-bond acceptors (Lipinski definition) is 2. The van der Waals surface area contributed by atoms with Crippen molar-refractivity contribution in [2.75, 3.05) is 11.9 Å². The number of halogens is 3. The van der Waals surface area contributed by atoms with Crippen molar-refractivity contribution in [1.29, 1.82) is 0 Å². The van der Waals surface area contributed by atoms with Crippen molar-refractivity contribution in [2.24, 2.45) is 0 Å². The summed E-state index contributed by atoms with van der Waals surface area (Å²) in [6.45, 7) is 4.01. The summed E-state index contributed by atoms with van der Waals surface area (Å²) >= 11 is 2.97. The third-order valence-electron chi connectivity index (χ3n) is 2.13. The van der Waals surface area contributed by atoms with E-state index in [1.165, 1.54) is 6.07 Å². The summed E-state index contributed by atoms with van der Waals surface area (Å²) in [5, 5.41) is 5.47. The molecule has 0 fully saturated rings. The van der Waals surface area contributed by atoms with Crippen LogP contribution in [0.5, 0.6) is 0 Å². The second-order valence-corrected chi connectivity index (χ2v) is 5.00. The third-order valence-corrected chi connectivity index (χ3v) is 2.73. The van der Waals surface area contributed by atoms with Crippen LogP contribution in [0.25, 0.3) is 0 Å². The lowest BCUT2D eigenvalue weighted by atomic mass is 10.2. The SMILES string of the molecule is CC(C)NC(=O)CCNc1cc(Br)c(F)cc1F. The molecule has 0 bridgehead atoms. The topological polar surface area (TPSA) is 41.1 Å². The molecule has 0 saturated carbocycles. The molecule has 1 amide bonds. The van der Waals surface area contributed by atoms with E-state index in [2.05, 4.69) is 26.6 Å². The van der Waals surface area contributed by atoms with Crippen molar-refractivity contribution >= 4 is 27.5 Å². The van der Waals surface area contributed by atoms with Gasteiger partial charge in [0.25, 0.3) is 0 Å². The Hall–Kier alpha value is -1.17. The standard InChI is InChI=1S/C12H15BrF2N2O/c1-7(2)17-12(18)3-4-16-11-5-8(13)9(14)6-10(11)15/h5-7,16H,3-4H2,1-2H3,(H,17,18). The third kappa shape index (κ3) is 4.60. The minimum absolute atomic E-state index is 0.0780. The molecular formula is C12H15BrF2N2O. The summed E-state index contributed by atoms with van der Waals surface area (Å²) in [5.74, 6) is -1.45. The van der Waals surface area contributed by atoms with Crippen LogP contribution >= 0.6 is 15.9 Å². The van der Waals surface area contributed by atoms with Crippen LogP contribution in [0.15, 0.2) is 16.6 Å². The van der Waals surface area contributed by atoms with Crippen molar-refractivity contribution in [3.8, 4) is 0 Å². The van der Waals surface area contributed by atoms with Gasteiger partial charge in [-0.05, 0) is 35.8 Å². The number of rotatable bonds is 5. The lowest BCUT2D eigenvalue weighted by molar-refractivity contribution is -0.121. The zero-order valence-corrected chi connectivity index (χ0v) is 11.8. The Balaban J connectivity index is 2.49. The molecule has 18 heavy (non-hydrogen) atoms. The van der Waals surface area contributed by atoms with E-state index in [-0.39, 0.29) is 35.1 Å². The number of anilines is 1. The van der Waals surface area contributed by atoms with Gasteiger partial charge in [-0.3, -0.25) is 4.79 Å². The molecule has 0 aromatic heterocycles. The molecule has 0 unspecified atom stereocenters. The van der Waals surface area contributed by atoms with Gasteiger partial charge in [0.2, 0.25) is 5.91 Å². The van der Waals surface area contributed by atoms with Crippen molar-refractivity contribution < 1.29 is 13.6 Å². The molecule has 0 atom stereocenters. The summed E-state index contributed by atoms with van der Waals surface area (Å²) in [5.41, 5.74) is 0.167. The number of benzene rings is 1. The van der Waals surface area contributed by atoms with E-state index in [1.807, 2.05) is 13.8 Å². The Morgan fingerprint density at radius 1 is 1.33 bits per heavy atom. The monoisotopic (exact) mass is 320 g/mol. The van der Waals surface area contributed by atoms with Gasteiger partial charge < -0.3 is 10.6 Å². The van der Waals surface area contributed by atoms with Gasteiger partial charge in [0.1, 0.15) is 11.6 Å². The highest BCUT2D eigenvalue weighted by Gasteiger charge is 2.08. The zero-order valence-electron chi connectivity index (χ0n) is 10.2. The molecule has 0 aliphatic heterocycles. The van der Waals surface area contributed by atoms with Crippen molar-refractivity contribution in [1.82, 2.24) is 5.32 Å². The lowest BCUT2D eigenvalue weighted by Crippen LogP contribution is -2.31. The van der Waals surface area contributed by atoms with Gasteiger partial charge in [0.15, 0.2) is 0 Å². The second-order valence-electron chi connectivity index (χ2n) is 4.15. The largest absolute Gasteiger partial charge is 0.382 e. The first-order chi connectivity index (χ1) is 8.40. The molecule has 0 heterocycles. The van der Waals surface area contributed by atoms with Gasteiger partial charge in [-0.2, -0.15) is 0 Å². The van der Waals surface area contributed by atoms with Crippen LogP contribution in [0.3, 0.4) is 0 Å². The van der Waals surface area contributed by atoms with Gasteiger partial charge >= 0.3 is 0 Å². The molecule has 0 radical (unpaired) electrons. The number of carbonyl (C=O) groups is 1. The number of nitrogens with one attached hydrogen (secondary N) is 2. The van der Waals surface area contributed by atoms with E-state index in [0.717, 1.165) is 6.07 Å². The van der Waals surface area contributed by atoms with E-state index in [1.54, 1.807) is 0 Å². The molecule has 0 aliphatic rings. The summed E-state index contributed by atoms with van der Waals surface area (Å²) in [6, 6.07) is 2.18. The summed E-state index contributed by atoms with van der Waals surface area (Å²) in [7, 11) is 0. The van der Waals surface area contributed by atoms with Gasteiger partial charge in [0.05, 0.1) is 10.2 Å². The molecule has 0 spiro atoms. The van der Waals surface area contributed by atoms with Crippen LogP contribution in [0.4, 0.5) is 14.5 Å². The predicted molar refractivity (Wildman–Crippen MR) is 70.4 cm³/mol. The highest BCUT2D eigenvalue weighted by atomic mass is 79.9. The number of carbonyl (C=O) groups excluding carboxylic acids is 1. The molecule has 1 rings (SSSR count). The first-order valence-electron chi connectivity index (χ1n) is 5.58. The van der Waals surface area contributed by atoms with Crippen molar-refractivity contribution in [2.45, 2.75) is 26.3 Å². The van der Waals surface area contributed by atoms with Crippen molar-refractivity contribution in [3.05, 3.63) is 28.2 Å². The molecule has 3 nitrogen and oxygen atoms in total. The lowest BCUT2D eigenvalue weighted by Gasteiger charge is -2.10. The zero-order chi connectivity index (χ0) is 13.7. The van der Waals surface area contributed by atoms with E-state index in [4.69, 9.17) is 0 Å². The fraction of sp³-hybridized carbons (Fsp3) is 0.417. The normalized spacial score (nSPS) is 10.6. The fourth-order valence-electron chi connectivity index (χ4n) is 1.36. The highest BCUT2D eigenvalue weighted by Crippen LogP contribution is 2.23. The first-order valence-corrected chi connectivity index (χ1v) is 6.37. The average Bonchev–Trinajstić information content (AvgIpc) is 2.24. The predicted octanol–water partition coefficient (Wildman–Crippen LogP) is 3.05. The Morgan fingerprint density at radius 3 is 2.61 bits per heavy atom. The molecule has 0 aliphatic carbocycles. The summed E-state index contributed by atoms with van der Waals surface area (Å²) in [4.78, 5) is 11.3. The smallest absolute Gasteiger partial charge is 0.221 e. The van der Waals surface area contributed by atoms with Crippen LogP contribution in [0.2, 0.25) is 0 Å². The first kappa shape index (κ1) is 14.9. The Bertz CT molecular complexity index is 438. The van der Waals surface area contributed by atoms with Gasteiger partial charge in [-0.15, -0.1) is 0 Å². The molecule has 2 N–H and O–H groups in total. The van der Waals surface area contributed by atoms with E-state index >= 15 is 0 Å².